The number of nitrogens with zero attached hydrogens (tertiary/aromatic N) is 4. The van der Waals surface area contributed by atoms with Gasteiger partial charge < -0.3 is 15.5 Å². The quantitative estimate of drug-likeness (QED) is 0.800. The van der Waals surface area contributed by atoms with Crippen LogP contribution in [0, 0.1) is 5.92 Å². The van der Waals surface area contributed by atoms with Crippen LogP contribution in [0.3, 0.4) is 0 Å². The minimum atomic E-state index is 0.428. The lowest BCUT2D eigenvalue weighted by Crippen LogP contribution is -2.22. The fraction of sp³-hybridized carbons (Fsp3) is 0.727. The standard InChI is InChI=1S/C11H20N6/c1-7(8-5-6-8)13-10-14-9(12-2)15-11(16-10)17(3)4/h7-8H,5-6H2,1-4H3,(H2,12,13,14,15,16). The van der Waals surface area contributed by atoms with Gasteiger partial charge in [-0.05, 0) is 25.7 Å². The van der Waals surface area contributed by atoms with Crippen molar-refractivity contribution in [2.75, 3.05) is 36.7 Å². The molecule has 1 atom stereocenters. The predicted octanol–water partition coefficient (Wildman–Crippen LogP) is 1.19. The first kappa shape index (κ1) is 11.9. The van der Waals surface area contributed by atoms with Crippen LogP contribution in [0.4, 0.5) is 17.8 Å². The Morgan fingerprint density at radius 2 is 1.82 bits per heavy atom. The summed E-state index contributed by atoms with van der Waals surface area (Å²) in [6, 6.07) is 0.428. The summed E-state index contributed by atoms with van der Waals surface area (Å²) in [4.78, 5) is 14.8. The van der Waals surface area contributed by atoms with E-state index in [2.05, 4.69) is 32.5 Å². The fourth-order valence-electron chi connectivity index (χ4n) is 1.66. The van der Waals surface area contributed by atoms with E-state index < -0.39 is 0 Å². The summed E-state index contributed by atoms with van der Waals surface area (Å²) < 4.78 is 0. The maximum atomic E-state index is 4.38. The van der Waals surface area contributed by atoms with Crippen molar-refractivity contribution in [1.29, 1.82) is 0 Å². The van der Waals surface area contributed by atoms with Crippen LogP contribution in [0.5, 0.6) is 0 Å². The molecule has 6 heteroatoms. The van der Waals surface area contributed by atoms with Crippen molar-refractivity contribution >= 4 is 17.8 Å². The molecule has 0 spiro atoms. The van der Waals surface area contributed by atoms with Gasteiger partial charge in [0.1, 0.15) is 0 Å². The van der Waals surface area contributed by atoms with E-state index in [4.69, 9.17) is 0 Å². The summed E-state index contributed by atoms with van der Waals surface area (Å²) in [5, 5.41) is 6.30. The lowest BCUT2D eigenvalue weighted by Gasteiger charge is -2.16. The van der Waals surface area contributed by atoms with Gasteiger partial charge in [-0.1, -0.05) is 0 Å². The first-order valence-electron chi connectivity index (χ1n) is 5.98. The molecule has 1 heterocycles. The third-order valence-corrected chi connectivity index (χ3v) is 2.93. The molecule has 1 aromatic heterocycles. The van der Waals surface area contributed by atoms with Crippen LogP contribution in [-0.2, 0) is 0 Å². The smallest absolute Gasteiger partial charge is 0.231 e. The maximum Gasteiger partial charge on any atom is 0.231 e. The van der Waals surface area contributed by atoms with E-state index in [9.17, 15) is 0 Å². The molecule has 1 unspecified atom stereocenters. The Bertz CT molecular complexity index is 388. The zero-order chi connectivity index (χ0) is 12.4. The van der Waals surface area contributed by atoms with Gasteiger partial charge in [0.2, 0.25) is 17.8 Å². The second-order valence-electron chi connectivity index (χ2n) is 4.70. The summed E-state index contributed by atoms with van der Waals surface area (Å²) in [6.45, 7) is 2.18. The van der Waals surface area contributed by atoms with E-state index in [0.717, 1.165) is 5.92 Å². The molecule has 0 saturated heterocycles. The average Bonchev–Trinajstić information content (AvgIpc) is 3.12. The van der Waals surface area contributed by atoms with Crippen molar-refractivity contribution < 1.29 is 0 Å². The van der Waals surface area contributed by atoms with Gasteiger partial charge in [0.15, 0.2) is 0 Å². The Kier molecular flexibility index (Phi) is 3.31. The van der Waals surface area contributed by atoms with Crippen LogP contribution in [0.25, 0.3) is 0 Å². The van der Waals surface area contributed by atoms with E-state index >= 15 is 0 Å². The Morgan fingerprint density at radius 1 is 1.18 bits per heavy atom. The van der Waals surface area contributed by atoms with Crippen molar-refractivity contribution in [1.82, 2.24) is 15.0 Å². The molecule has 0 aliphatic heterocycles. The van der Waals surface area contributed by atoms with Crippen LogP contribution in [-0.4, -0.2) is 42.1 Å². The highest BCUT2D eigenvalue weighted by atomic mass is 15.3. The molecule has 1 aliphatic carbocycles. The van der Waals surface area contributed by atoms with E-state index in [1.807, 2.05) is 26.0 Å². The first-order chi connectivity index (χ1) is 8.10. The van der Waals surface area contributed by atoms with Gasteiger partial charge in [-0.15, -0.1) is 0 Å². The van der Waals surface area contributed by atoms with Crippen molar-refractivity contribution in [3.8, 4) is 0 Å². The molecule has 17 heavy (non-hydrogen) atoms. The lowest BCUT2D eigenvalue weighted by molar-refractivity contribution is 0.685. The maximum absolute atomic E-state index is 4.38. The van der Waals surface area contributed by atoms with Gasteiger partial charge in [0.05, 0.1) is 0 Å². The highest BCUT2D eigenvalue weighted by molar-refractivity contribution is 5.43. The number of rotatable bonds is 5. The number of anilines is 3. The molecule has 0 amide bonds. The molecule has 94 valence electrons. The summed E-state index contributed by atoms with van der Waals surface area (Å²) >= 11 is 0. The number of hydrogen-bond donors (Lipinski definition) is 2. The lowest BCUT2D eigenvalue weighted by atomic mass is 10.2. The number of hydrogen-bond acceptors (Lipinski definition) is 6. The third kappa shape index (κ3) is 2.95. The van der Waals surface area contributed by atoms with Crippen LogP contribution in [0.2, 0.25) is 0 Å². The molecule has 2 rings (SSSR count). The molecule has 2 N–H and O–H groups in total. The topological polar surface area (TPSA) is 66.0 Å². The number of aromatic nitrogens is 3. The predicted molar refractivity (Wildman–Crippen MR) is 69.5 cm³/mol. The van der Waals surface area contributed by atoms with Crippen molar-refractivity contribution in [2.24, 2.45) is 5.92 Å². The summed E-state index contributed by atoms with van der Waals surface area (Å²) in [7, 11) is 5.65. The molecule has 0 radical (unpaired) electrons. The highest BCUT2D eigenvalue weighted by Crippen LogP contribution is 2.33. The molecule has 1 aliphatic rings. The molecule has 0 bridgehead atoms. The zero-order valence-electron chi connectivity index (χ0n) is 10.9. The average molecular weight is 236 g/mol. The molecular formula is C11H20N6. The normalized spacial score (nSPS) is 16.5. The zero-order valence-corrected chi connectivity index (χ0v) is 10.9. The highest BCUT2D eigenvalue weighted by Gasteiger charge is 2.28. The minimum absolute atomic E-state index is 0.428. The second-order valence-corrected chi connectivity index (χ2v) is 4.70. The fourth-order valence-corrected chi connectivity index (χ4v) is 1.66. The molecule has 1 fully saturated rings. The molecule has 6 nitrogen and oxygen atoms in total. The Hall–Kier alpha value is -1.59. The monoisotopic (exact) mass is 236 g/mol. The van der Waals surface area contributed by atoms with Crippen LogP contribution >= 0.6 is 0 Å². The van der Waals surface area contributed by atoms with E-state index in [1.165, 1.54) is 12.8 Å². The molecular weight excluding hydrogens is 216 g/mol. The van der Waals surface area contributed by atoms with Gasteiger partial charge >= 0.3 is 0 Å². The van der Waals surface area contributed by atoms with Crippen LogP contribution < -0.4 is 15.5 Å². The van der Waals surface area contributed by atoms with Crippen LogP contribution in [0.15, 0.2) is 0 Å². The first-order valence-corrected chi connectivity index (χ1v) is 5.98. The Labute approximate surface area is 102 Å². The van der Waals surface area contributed by atoms with Gasteiger partial charge in [0.25, 0.3) is 0 Å². The number of nitrogens with one attached hydrogen (secondary N) is 2. The largest absolute Gasteiger partial charge is 0.357 e. The second kappa shape index (κ2) is 4.73. The van der Waals surface area contributed by atoms with Crippen LogP contribution in [0.1, 0.15) is 19.8 Å². The summed E-state index contributed by atoms with van der Waals surface area (Å²) in [5.41, 5.74) is 0. The third-order valence-electron chi connectivity index (χ3n) is 2.93. The van der Waals surface area contributed by atoms with Gasteiger partial charge in [-0.25, -0.2) is 0 Å². The molecule has 0 aromatic carbocycles. The summed E-state index contributed by atoms with van der Waals surface area (Å²) in [6.07, 6.45) is 2.61. The van der Waals surface area contributed by atoms with Crippen molar-refractivity contribution in [2.45, 2.75) is 25.8 Å². The Morgan fingerprint density at radius 3 is 2.35 bits per heavy atom. The van der Waals surface area contributed by atoms with Gasteiger partial charge in [0, 0.05) is 27.2 Å². The van der Waals surface area contributed by atoms with E-state index in [-0.39, 0.29) is 0 Å². The SMILES string of the molecule is CNc1nc(NC(C)C2CC2)nc(N(C)C)n1. The van der Waals surface area contributed by atoms with E-state index in [0.29, 0.717) is 23.9 Å². The molecule has 1 aromatic rings. The molecule has 1 saturated carbocycles. The van der Waals surface area contributed by atoms with Gasteiger partial charge in [-0.2, -0.15) is 15.0 Å². The Balaban J connectivity index is 2.16. The van der Waals surface area contributed by atoms with Gasteiger partial charge in [-0.3, -0.25) is 0 Å². The van der Waals surface area contributed by atoms with Crippen molar-refractivity contribution in [3.05, 3.63) is 0 Å². The van der Waals surface area contributed by atoms with E-state index in [1.54, 1.807) is 0 Å². The minimum Gasteiger partial charge on any atom is -0.357 e. The van der Waals surface area contributed by atoms with Crippen molar-refractivity contribution in [3.63, 3.8) is 0 Å². The summed E-state index contributed by atoms with van der Waals surface area (Å²) in [5.74, 6) is 2.67.